The Balaban J connectivity index is 5.71. The molecule has 0 amide bonds. The minimum Gasteiger partial charge on any atom is -0.528 e. The van der Waals surface area contributed by atoms with E-state index in [1.165, 1.54) is 0 Å². The summed E-state index contributed by atoms with van der Waals surface area (Å²) in [6, 6.07) is 4.24. The molecule has 0 bridgehead atoms. The highest BCUT2D eigenvalue weighted by molar-refractivity contribution is 6.80. The van der Waals surface area contributed by atoms with Crippen molar-refractivity contribution in [2.24, 2.45) is 4.66 Å². The maximum atomic E-state index is 13.4. The Kier molecular flexibility index (Phi) is 8.24. The molecule has 0 saturated heterocycles. The highest BCUT2D eigenvalue weighted by Crippen LogP contribution is 2.31. The molecule has 126 valence electrons. The van der Waals surface area contributed by atoms with Crippen LogP contribution in [0.25, 0.3) is 0 Å². The van der Waals surface area contributed by atoms with Gasteiger partial charge in [0.25, 0.3) is 14.2 Å². The number of halogens is 3. The maximum Gasteiger partial charge on any atom is 0.465 e. The van der Waals surface area contributed by atoms with Crippen molar-refractivity contribution < 1.29 is 17.6 Å². The SMILES string of the molecule is CC[Si](CC)(CC)/N=C(/O[Si](CC)(CC)CC)C(F)(F)F. The van der Waals surface area contributed by atoms with E-state index in [9.17, 15) is 13.2 Å². The van der Waals surface area contributed by atoms with Crippen molar-refractivity contribution in [2.45, 2.75) is 84.0 Å². The molecular formula is C14H30F3NOSi2. The minimum absolute atomic E-state index is 0.689. The lowest BCUT2D eigenvalue weighted by molar-refractivity contribution is -0.0715. The standard InChI is InChI=1S/C14H30F3NOSi2/c1-7-20(8-2,9-3)18-13(14(15,16)17)19-21(10-4,11-5)12-6/h7-12H2,1-6H3/b18-13+. The van der Waals surface area contributed by atoms with Gasteiger partial charge in [0, 0.05) is 0 Å². The Morgan fingerprint density at radius 2 is 1.19 bits per heavy atom. The van der Waals surface area contributed by atoms with Crippen LogP contribution >= 0.6 is 0 Å². The van der Waals surface area contributed by atoms with Crippen LogP contribution < -0.4 is 0 Å². The molecule has 0 rings (SSSR count). The van der Waals surface area contributed by atoms with Crippen molar-refractivity contribution in [1.29, 1.82) is 0 Å². The monoisotopic (exact) mass is 341 g/mol. The van der Waals surface area contributed by atoms with Crippen LogP contribution in [0.1, 0.15) is 41.5 Å². The molecule has 0 aliphatic carbocycles. The molecule has 0 aliphatic rings. The predicted molar refractivity (Wildman–Crippen MR) is 89.0 cm³/mol. The molecule has 0 radical (unpaired) electrons. The summed E-state index contributed by atoms with van der Waals surface area (Å²) in [4.78, 5) is 0. The first kappa shape index (κ1) is 20.7. The number of hydrogen-bond acceptors (Lipinski definition) is 2. The van der Waals surface area contributed by atoms with Crippen molar-refractivity contribution >= 4 is 22.5 Å². The van der Waals surface area contributed by atoms with Gasteiger partial charge in [-0.05, 0) is 36.3 Å². The van der Waals surface area contributed by atoms with Gasteiger partial charge in [-0.25, -0.2) is 0 Å². The van der Waals surface area contributed by atoms with Gasteiger partial charge < -0.3 is 4.43 Å². The first-order valence-electron chi connectivity index (χ1n) is 8.04. The zero-order chi connectivity index (χ0) is 16.7. The molecule has 0 aromatic heterocycles. The summed E-state index contributed by atoms with van der Waals surface area (Å²) in [6.45, 7) is 11.6. The Hall–Kier alpha value is -0.306. The van der Waals surface area contributed by atoms with Gasteiger partial charge in [0.15, 0.2) is 8.24 Å². The van der Waals surface area contributed by atoms with Crippen molar-refractivity contribution in [3.8, 4) is 0 Å². The molecule has 0 aromatic rings. The number of hydrogen-bond donors (Lipinski definition) is 0. The first-order valence-corrected chi connectivity index (χ1v) is 13.1. The molecular weight excluding hydrogens is 311 g/mol. The van der Waals surface area contributed by atoms with Gasteiger partial charge >= 0.3 is 6.18 Å². The summed E-state index contributed by atoms with van der Waals surface area (Å²) in [5.41, 5.74) is 0. The van der Waals surface area contributed by atoms with Gasteiger partial charge in [0.1, 0.15) is 0 Å². The van der Waals surface area contributed by atoms with Crippen LogP contribution in [0, 0.1) is 0 Å². The summed E-state index contributed by atoms with van der Waals surface area (Å²) in [5.74, 6) is -0.933. The molecule has 0 saturated carbocycles. The third kappa shape index (κ3) is 5.43. The predicted octanol–water partition coefficient (Wildman–Crippen LogP) is 5.97. The zero-order valence-electron chi connectivity index (χ0n) is 14.2. The molecule has 7 heteroatoms. The van der Waals surface area contributed by atoms with E-state index in [2.05, 4.69) is 4.66 Å². The van der Waals surface area contributed by atoms with Crippen LogP contribution in [0.3, 0.4) is 0 Å². The molecule has 0 unspecified atom stereocenters. The molecule has 21 heavy (non-hydrogen) atoms. The topological polar surface area (TPSA) is 21.6 Å². The maximum absolute atomic E-state index is 13.4. The molecule has 0 aromatic carbocycles. The van der Waals surface area contributed by atoms with Gasteiger partial charge in [-0.1, -0.05) is 41.5 Å². The fourth-order valence-corrected chi connectivity index (χ4v) is 7.69. The lowest BCUT2D eigenvalue weighted by Crippen LogP contribution is -2.45. The number of rotatable bonds is 8. The largest absolute Gasteiger partial charge is 0.528 e. The first-order chi connectivity index (χ1) is 9.68. The van der Waals surface area contributed by atoms with Gasteiger partial charge in [0.05, 0.1) is 0 Å². The summed E-state index contributed by atoms with van der Waals surface area (Å²) in [5, 5.41) is 0. The molecule has 0 atom stereocenters. The highest BCUT2D eigenvalue weighted by Gasteiger charge is 2.45. The lowest BCUT2D eigenvalue weighted by Gasteiger charge is -2.32. The molecule has 0 aliphatic heterocycles. The van der Waals surface area contributed by atoms with E-state index >= 15 is 0 Å². The highest BCUT2D eigenvalue weighted by atomic mass is 28.4. The Bertz CT molecular complexity index is 321. The quantitative estimate of drug-likeness (QED) is 0.302. The van der Waals surface area contributed by atoms with Gasteiger partial charge in [-0.15, -0.1) is 0 Å². The zero-order valence-corrected chi connectivity index (χ0v) is 16.2. The molecule has 2 nitrogen and oxygen atoms in total. The molecule has 0 fully saturated rings. The molecule has 0 spiro atoms. The molecule has 0 N–H and O–H groups in total. The van der Waals surface area contributed by atoms with Gasteiger partial charge in [0.2, 0.25) is 0 Å². The van der Waals surface area contributed by atoms with E-state index in [1.54, 1.807) is 0 Å². The summed E-state index contributed by atoms with van der Waals surface area (Å²) in [6.07, 6.45) is -4.48. The van der Waals surface area contributed by atoms with E-state index in [0.29, 0.717) is 18.1 Å². The Labute approximate surface area is 129 Å². The molecule has 0 heterocycles. The van der Waals surface area contributed by atoms with Crippen LogP contribution in [-0.2, 0) is 4.43 Å². The van der Waals surface area contributed by atoms with E-state index in [4.69, 9.17) is 4.43 Å². The van der Waals surface area contributed by atoms with Crippen LogP contribution in [0.15, 0.2) is 4.66 Å². The van der Waals surface area contributed by atoms with Crippen LogP contribution in [0.2, 0.25) is 36.3 Å². The normalized spacial score (nSPS) is 14.4. The van der Waals surface area contributed by atoms with E-state index in [1.807, 2.05) is 41.5 Å². The van der Waals surface area contributed by atoms with Crippen molar-refractivity contribution in [2.75, 3.05) is 0 Å². The van der Waals surface area contributed by atoms with E-state index < -0.39 is 28.6 Å². The smallest absolute Gasteiger partial charge is 0.465 e. The average Bonchev–Trinajstić information content (AvgIpc) is 2.48. The Morgan fingerprint density at radius 1 is 0.810 bits per heavy atom. The second-order valence-electron chi connectivity index (χ2n) is 5.55. The van der Waals surface area contributed by atoms with Crippen molar-refractivity contribution in [3.05, 3.63) is 0 Å². The number of alkyl halides is 3. The Morgan fingerprint density at radius 3 is 1.43 bits per heavy atom. The summed E-state index contributed by atoms with van der Waals surface area (Å²) >= 11 is 0. The number of nitrogens with zero attached hydrogens (tertiary/aromatic N) is 1. The van der Waals surface area contributed by atoms with Crippen LogP contribution in [0.4, 0.5) is 13.2 Å². The summed E-state index contributed by atoms with van der Waals surface area (Å²) < 4.78 is 50.0. The van der Waals surface area contributed by atoms with Crippen LogP contribution in [0.5, 0.6) is 0 Å². The van der Waals surface area contributed by atoms with E-state index in [-0.39, 0.29) is 0 Å². The average molecular weight is 342 g/mol. The summed E-state index contributed by atoms with van der Waals surface area (Å²) in [7, 11) is -4.62. The van der Waals surface area contributed by atoms with E-state index in [0.717, 1.165) is 18.1 Å². The minimum atomic E-state index is -4.48. The third-order valence-electron chi connectivity index (χ3n) is 4.80. The fraction of sp³-hybridized carbons (Fsp3) is 0.929. The van der Waals surface area contributed by atoms with Crippen LogP contribution in [-0.4, -0.2) is 28.6 Å². The second-order valence-corrected chi connectivity index (χ2v) is 15.0. The fourth-order valence-electron chi connectivity index (χ4n) is 2.52. The lowest BCUT2D eigenvalue weighted by atomic mass is 10.7. The third-order valence-corrected chi connectivity index (χ3v) is 13.9. The van der Waals surface area contributed by atoms with Crippen molar-refractivity contribution in [3.63, 3.8) is 0 Å². The van der Waals surface area contributed by atoms with Crippen molar-refractivity contribution in [1.82, 2.24) is 0 Å². The second kappa shape index (κ2) is 8.36. The van der Waals surface area contributed by atoms with Gasteiger partial charge in [-0.2, -0.15) is 13.2 Å². The van der Waals surface area contributed by atoms with Gasteiger partial charge in [-0.3, -0.25) is 4.66 Å².